The summed E-state index contributed by atoms with van der Waals surface area (Å²) in [5, 5.41) is 0.350. The third kappa shape index (κ3) is 3.28. The van der Waals surface area contributed by atoms with Crippen molar-refractivity contribution in [2.24, 2.45) is 5.92 Å². The van der Waals surface area contributed by atoms with Crippen molar-refractivity contribution in [1.29, 1.82) is 0 Å². The number of benzene rings is 1. The third-order valence-corrected chi connectivity index (χ3v) is 3.10. The van der Waals surface area contributed by atoms with Gasteiger partial charge >= 0.3 is 0 Å². The summed E-state index contributed by atoms with van der Waals surface area (Å²) in [6.45, 7) is 3.83. The van der Waals surface area contributed by atoms with Gasteiger partial charge in [-0.2, -0.15) is 0 Å². The molecule has 0 aliphatic carbocycles. The Labute approximate surface area is 102 Å². The molecular weight excluding hydrogens is 282 g/mol. The van der Waals surface area contributed by atoms with E-state index in [1.807, 2.05) is 13.8 Å². The molecule has 0 N–H and O–H groups in total. The summed E-state index contributed by atoms with van der Waals surface area (Å²) in [5.41, 5.74) is 0.0666. The van der Waals surface area contributed by atoms with Crippen LogP contribution in [0.5, 0.6) is 0 Å². The molecule has 0 unspecified atom stereocenters. The van der Waals surface area contributed by atoms with Gasteiger partial charge in [-0.05, 0) is 34.0 Å². The van der Waals surface area contributed by atoms with Gasteiger partial charge in [0.05, 0.1) is 10.6 Å². The molecule has 0 fully saturated rings. The van der Waals surface area contributed by atoms with Crippen LogP contribution < -0.4 is 0 Å². The maximum Gasteiger partial charge on any atom is 0.166 e. The summed E-state index contributed by atoms with van der Waals surface area (Å²) in [5.74, 6) is -0.534. The summed E-state index contributed by atoms with van der Waals surface area (Å²) >= 11 is 8.90. The topological polar surface area (TPSA) is 17.1 Å². The van der Waals surface area contributed by atoms with Crippen LogP contribution in [0.15, 0.2) is 16.6 Å². The Morgan fingerprint density at radius 1 is 1.53 bits per heavy atom. The molecule has 1 nitrogen and oxygen atoms in total. The van der Waals surface area contributed by atoms with Crippen LogP contribution in [0.2, 0.25) is 5.02 Å². The second kappa shape index (κ2) is 5.08. The molecular formula is C11H11BrClFO. The van der Waals surface area contributed by atoms with Gasteiger partial charge in [0.25, 0.3) is 0 Å². The van der Waals surface area contributed by atoms with Crippen molar-refractivity contribution >= 4 is 33.3 Å². The van der Waals surface area contributed by atoms with E-state index in [0.717, 1.165) is 0 Å². The van der Waals surface area contributed by atoms with Gasteiger partial charge in [-0.3, -0.25) is 4.79 Å². The first-order chi connectivity index (χ1) is 6.91. The molecule has 0 atom stereocenters. The molecule has 0 aliphatic rings. The predicted molar refractivity (Wildman–Crippen MR) is 62.9 cm³/mol. The lowest BCUT2D eigenvalue weighted by Crippen LogP contribution is -2.06. The Hall–Kier alpha value is -0.410. The number of rotatable bonds is 3. The SMILES string of the molecule is CC(C)CC(=O)c1cc(Cl)c(Br)cc1F. The highest BCUT2D eigenvalue weighted by molar-refractivity contribution is 9.10. The molecule has 1 aromatic rings. The molecule has 4 heteroatoms. The van der Waals surface area contributed by atoms with Crippen molar-refractivity contribution in [3.8, 4) is 0 Å². The third-order valence-electron chi connectivity index (χ3n) is 1.90. The lowest BCUT2D eigenvalue weighted by atomic mass is 10.0. The summed E-state index contributed by atoms with van der Waals surface area (Å²) in [6, 6.07) is 2.58. The van der Waals surface area contributed by atoms with Crippen LogP contribution in [0.1, 0.15) is 30.6 Å². The fourth-order valence-corrected chi connectivity index (χ4v) is 1.70. The van der Waals surface area contributed by atoms with Crippen molar-refractivity contribution in [2.75, 3.05) is 0 Å². The van der Waals surface area contributed by atoms with Crippen molar-refractivity contribution in [3.05, 3.63) is 33.0 Å². The molecule has 0 aliphatic heterocycles. The number of carbonyl (C=O) groups is 1. The van der Waals surface area contributed by atoms with E-state index in [0.29, 0.717) is 15.9 Å². The summed E-state index contributed by atoms with van der Waals surface area (Å²) in [4.78, 5) is 11.6. The van der Waals surface area contributed by atoms with Crippen molar-refractivity contribution in [2.45, 2.75) is 20.3 Å². The van der Waals surface area contributed by atoms with E-state index in [4.69, 9.17) is 11.6 Å². The van der Waals surface area contributed by atoms with Crippen LogP contribution in [0.4, 0.5) is 4.39 Å². The average molecular weight is 294 g/mol. The Kier molecular flexibility index (Phi) is 4.29. The van der Waals surface area contributed by atoms with E-state index < -0.39 is 5.82 Å². The molecule has 0 saturated heterocycles. The van der Waals surface area contributed by atoms with Gasteiger partial charge in [0.15, 0.2) is 5.78 Å². The Morgan fingerprint density at radius 3 is 2.67 bits per heavy atom. The van der Waals surface area contributed by atoms with Crippen LogP contribution in [0, 0.1) is 11.7 Å². The van der Waals surface area contributed by atoms with E-state index in [9.17, 15) is 9.18 Å². The van der Waals surface area contributed by atoms with Gasteiger partial charge < -0.3 is 0 Å². The van der Waals surface area contributed by atoms with Crippen LogP contribution in [-0.4, -0.2) is 5.78 Å². The predicted octanol–water partition coefficient (Wildman–Crippen LogP) is 4.47. The van der Waals surface area contributed by atoms with Crippen LogP contribution in [-0.2, 0) is 0 Å². The van der Waals surface area contributed by atoms with E-state index in [1.54, 1.807) is 0 Å². The maximum absolute atomic E-state index is 13.4. The minimum atomic E-state index is -0.531. The van der Waals surface area contributed by atoms with Crippen molar-refractivity contribution in [1.82, 2.24) is 0 Å². The Balaban J connectivity index is 3.04. The minimum absolute atomic E-state index is 0.0666. The first kappa shape index (κ1) is 12.7. The number of hydrogen-bond donors (Lipinski definition) is 0. The van der Waals surface area contributed by atoms with Crippen LogP contribution >= 0.6 is 27.5 Å². The number of ketones is 1. The zero-order valence-electron chi connectivity index (χ0n) is 8.48. The molecule has 82 valence electrons. The molecule has 15 heavy (non-hydrogen) atoms. The fraction of sp³-hybridized carbons (Fsp3) is 0.364. The number of hydrogen-bond acceptors (Lipinski definition) is 1. The number of Topliss-reactive ketones (excluding diaryl/α,β-unsaturated/α-hetero) is 1. The highest BCUT2D eigenvalue weighted by Gasteiger charge is 2.15. The molecule has 0 heterocycles. The van der Waals surface area contributed by atoms with E-state index >= 15 is 0 Å². The standard InChI is InChI=1S/C11H11BrClFO/c1-6(2)3-11(15)7-4-9(13)8(12)5-10(7)14/h4-6H,3H2,1-2H3. The average Bonchev–Trinajstić information content (AvgIpc) is 2.09. The van der Waals surface area contributed by atoms with Gasteiger partial charge in [-0.25, -0.2) is 4.39 Å². The monoisotopic (exact) mass is 292 g/mol. The first-order valence-electron chi connectivity index (χ1n) is 4.59. The van der Waals surface area contributed by atoms with Crippen molar-refractivity contribution < 1.29 is 9.18 Å². The van der Waals surface area contributed by atoms with E-state index in [-0.39, 0.29) is 17.3 Å². The van der Waals surface area contributed by atoms with E-state index in [1.165, 1.54) is 12.1 Å². The second-order valence-corrected chi connectivity index (χ2v) is 5.03. The molecule has 0 saturated carbocycles. The lowest BCUT2D eigenvalue weighted by molar-refractivity contribution is 0.0964. The molecule has 1 aromatic carbocycles. The summed E-state index contributed by atoms with van der Waals surface area (Å²) in [6.07, 6.45) is 0.328. The van der Waals surface area contributed by atoms with Gasteiger partial charge in [0.2, 0.25) is 0 Å². The van der Waals surface area contributed by atoms with Gasteiger partial charge in [0.1, 0.15) is 5.82 Å². The number of carbonyl (C=O) groups excluding carboxylic acids is 1. The zero-order chi connectivity index (χ0) is 11.6. The highest BCUT2D eigenvalue weighted by atomic mass is 79.9. The molecule has 0 spiro atoms. The Bertz CT molecular complexity index is 390. The van der Waals surface area contributed by atoms with Crippen molar-refractivity contribution in [3.63, 3.8) is 0 Å². The summed E-state index contributed by atoms with van der Waals surface area (Å²) in [7, 11) is 0. The van der Waals surface area contributed by atoms with Gasteiger partial charge in [-0.15, -0.1) is 0 Å². The molecule has 0 bridgehead atoms. The van der Waals surface area contributed by atoms with Gasteiger partial charge in [-0.1, -0.05) is 25.4 Å². The molecule has 0 amide bonds. The Morgan fingerprint density at radius 2 is 2.13 bits per heavy atom. The van der Waals surface area contributed by atoms with Gasteiger partial charge in [0, 0.05) is 10.9 Å². The fourth-order valence-electron chi connectivity index (χ4n) is 1.22. The largest absolute Gasteiger partial charge is 0.294 e. The smallest absolute Gasteiger partial charge is 0.166 e. The molecule has 1 rings (SSSR count). The molecule has 0 aromatic heterocycles. The molecule has 0 radical (unpaired) electrons. The quantitative estimate of drug-likeness (QED) is 0.593. The lowest BCUT2D eigenvalue weighted by Gasteiger charge is -2.06. The van der Waals surface area contributed by atoms with E-state index in [2.05, 4.69) is 15.9 Å². The van der Waals surface area contributed by atoms with Crippen LogP contribution in [0.25, 0.3) is 0 Å². The number of halogens is 3. The highest BCUT2D eigenvalue weighted by Crippen LogP contribution is 2.26. The maximum atomic E-state index is 13.4. The minimum Gasteiger partial charge on any atom is -0.294 e. The summed E-state index contributed by atoms with van der Waals surface area (Å²) < 4.78 is 13.9. The first-order valence-corrected chi connectivity index (χ1v) is 5.76. The normalized spacial score (nSPS) is 10.8. The van der Waals surface area contributed by atoms with Crippen LogP contribution in [0.3, 0.4) is 0 Å². The zero-order valence-corrected chi connectivity index (χ0v) is 10.8. The second-order valence-electron chi connectivity index (χ2n) is 3.77.